The number of likely N-dealkylation sites (tertiary alicyclic amines) is 1. The first-order chi connectivity index (χ1) is 9.09. The highest BCUT2D eigenvalue weighted by Crippen LogP contribution is 2.24. The molecule has 0 radical (unpaired) electrons. The van der Waals surface area contributed by atoms with Crippen LogP contribution in [-0.4, -0.2) is 61.0 Å². The van der Waals surface area contributed by atoms with Crippen LogP contribution in [0.5, 0.6) is 0 Å². The van der Waals surface area contributed by atoms with Gasteiger partial charge in [-0.05, 0) is 52.1 Å². The molecule has 2 heterocycles. The van der Waals surface area contributed by atoms with Crippen molar-refractivity contribution < 1.29 is 4.79 Å². The van der Waals surface area contributed by atoms with E-state index in [0.717, 1.165) is 25.9 Å². The minimum atomic E-state index is 0.119. The van der Waals surface area contributed by atoms with Gasteiger partial charge in [0.05, 0.1) is 6.04 Å². The third-order valence-corrected chi connectivity index (χ3v) is 4.62. The number of nitrogens with one attached hydrogen (secondary N) is 1. The molecule has 2 aliphatic rings. The highest BCUT2D eigenvalue weighted by molar-refractivity contribution is 5.81. The van der Waals surface area contributed by atoms with Gasteiger partial charge in [-0.25, -0.2) is 0 Å². The highest BCUT2D eigenvalue weighted by atomic mass is 16.2. The Balaban J connectivity index is 1.89. The molecule has 1 amide bonds. The number of likely N-dealkylation sites (N-methyl/N-ethyl adjacent to an activating group) is 1. The minimum Gasteiger partial charge on any atom is -0.347 e. The molecular weight excluding hydrogens is 238 g/mol. The second kappa shape index (κ2) is 6.71. The number of piperidine rings is 1. The van der Waals surface area contributed by atoms with Crippen LogP contribution in [0, 0.1) is 0 Å². The molecule has 0 spiro atoms. The lowest BCUT2D eigenvalue weighted by Gasteiger charge is -2.34. The summed E-state index contributed by atoms with van der Waals surface area (Å²) in [4.78, 5) is 16.4. The second-order valence-electron chi connectivity index (χ2n) is 6.36. The SMILES string of the molecule is CC(CC1CCCCN1)N1CCCC1C(=O)N(C)C. The zero-order valence-corrected chi connectivity index (χ0v) is 12.7. The van der Waals surface area contributed by atoms with Crippen LogP contribution >= 0.6 is 0 Å². The Morgan fingerprint density at radius 1 is 1.32 bits per heavy atom. The van der Waals surface area contributed by atoms with Gasteiger partial charge in [-0.1, -0.05) is 6.42 Å². The maximum Gasteiger partial charge on any atom is 0.239 e. The van der Waals surface area contributed by atoms with Crippen molar-refractivity contribution in [3.8, 4) is 0 Å². The van der Waals surface area contributed by atoms with Crippen LogP contribution in [0.1, 0.15) is 45.4 Å². The van der Waals surface area contributed by atoms with Crippen molar-refractivity contribution in [1.29, 1.82) is 0 Å². The van der Waals surface area contributed by atoms with E-state index in [4.69, 9.17) is 0 Å². The molecule has 0 aromatic carbocycles. The smallest absolute Gasteiger partial charge is 0.239 e. The van der Waals surface area contributed by atoms with E-state index < -0.39 is 0 Å². The molecule has 3 unspecified atom stereocenters. The van der Waals surface area contributed by atoms with Crippen molar-refractivity contribution in [3.05, 3.63) is 0 Å². The van der Waals surface area contributed by atoms with Crippen molar-refractivity contribution in [3.63, 3.8) is 0 Å². The fourth-order valence-electron chi connectivity index (χ4n) is 3.55. The molecule has 2 rings (SSSR count). The summed E-state index contributed by atoms with van der Waals surface area (Å²) in [6.45, 7) is 4.53. The number of nitrogens with zero attached hydrogens (tertiary/aromatic N) is 2. The molecule has 3 atom stereocenters. The number of carbonyl (C=O) groups excluding carboxylic acids is 1. The maximum atomic E-state index is 12.2. The average Bonchev–Trinajstić information content (AvgIpc) is 2.88. The Morgan fingerprint density at radius 2 is 2.11 bits per heavy atom. The summed E-state index contributed by atoms with van der Waals surface area (Å²) < 4.78 is 0. The summed E-state index contributed by atoms with van der Waals surface area (Å²) in [5, 5.41) is 3.62. The van der Waals surface area contributed by atoms with E-state index in [-0.39, 0.29) is 11.9 Å². The molecule has 110 valence electrons. The summed E-state index contributed by atoms with van der Waals surface area (Å²) >= 11 is 0. The van der Waals surface area contributed by atoms with Gasteiger partial charge >= 0.3 is 0 Å². The van der Waals surface area contributed by atoms with Crippen LogP contribution in [0.3, 0.4) is 0 Å². The van der Waals surface area contributed by atoms with Crippen LogP contribution in [0.25, 0.3) is 0 Å². The van der Waals surface area contributed by atoms with E-state index in [1.165, 1.54) is 25.7 Å². The number of carbonyl (C=O) groups is 1. The lowest BCUT2D eigenvalue weighted by Crippen LogP contribution is -2.48. The fourth-order valence-corrected chi connectivity index (χ4v) is 3.55. The Labute approximate surface area is 117 Å². The molecule has 2 saturated heterocycles. The van der Waals surface area contributed by atoms with Crippen LogP contribution < -0.4 is 5.32 Å². The van der Waals surface area contributed by atoms with E-state index in [1.807, 2.05) is 14.1 Å². The zero-order valence-electron chi connectivity index (χ0n) is 12.7. The van der Waals surface area contributed by atoms with Crippen LogP contribution in [0.15, 0.2) is 0 Å². The summed E-state index contributed by atoms with van der Waals surface area (Å²) in [6.07, 6.45) is 7.33. The fraction of sp³-hybridized carbons (Fsp3) is 0.933. The molecular formula is C15H29N3O. The van der Waals surface area contributed by atoms with Gasteiger partial charge < -0.3 is 10.2 Å². The lowest BCUT2D eigenvalue weighted by molar-refractivity contribution is -0.134. The van der Waals surface area contributed by atoms with Crippen molar-refractivity contribution >= 4 is 5.91 Å². The number of hydrogen-bond acceptors (Lipinski definition) is 3. The first-order valence-corrected chi connectivity index (χ1v) is 7.80. The molecule has 2 fully saturated rings. The molecule has 2 aliphatic heterocycles. The van der Waals surface area contributed by atoms with Gasteiger partial charge in [0, 0.05) is 26.2 Å². The van der Waals surface area contributed by atoms with Crippen LogP contribution in [0.2, 0.25) is 0 Å². The summed E-state index contributed by atoms with van der Waals surface area (Å²) in [6, 6.07) is 1.28. The standard InChI is InChI=1S/C15H29N3O/c1-12(11-13-7-4-5-9-16-13)18-10-6-8-14(18)15(19)17(2)3/h12-14,16H,4-11H2,1-3H3. The van der Waals surface area contributed by atoms with Gasteiger partial charge in [-0.3, -0.25) is 9.69 Å². The van der Waals surface area contributed by atoms with Gasteiger partial charge in [0.1, 0.15) is 0 Å². The third kappa shape index (κ3) is 3.69. The largest absolute Gasteiger partial charge is 0.347 e. The van der Waals surface area contributed by atoms with Crippen molar-refractivity contribution in [2.45, 2.75) is 63.6 Å². The monoisotopic (exact) mass is 267 g/mol. The van der Waals surface area contributed by atoms with Gasteiger partial charge in [0.15, 0.2) is 0 Å². The number of amides is 1. The van der Waals surface area contributed by atoms with Gasteiger partial charge in [0.25, 0.3) is 0 Å². The van der Waals surface area contributed by atoms with E-state index in [1.54, 1.807) is 4.90 Å². The highest BCUT2D eigenvalue weighted by Gasteiger charge is 2.35. The third-order valence-electron chi connectivity index (χ3n) is 4.62. The first kappa shape index (κ1) is 14.8. The van der Waals surface area contributed by atoms with E-state index in [0.29, 0.717) is 12.1 Å². The normalized spacial score (nSPS) is 30.3. The van der Waals surface area contributed by atoms with Crippen molar-refractivity contribution in [2.24, 2.45) is 0 Å². The maximum absolute atomic E-state index is 12.2. The predicted molar refractivity (Wildman–Crippen MR) is 78.1 cm³/mol. The predicted octanol–water partition coefficient (Wildman–Crippen LogP) is 1.46. The Morgan fingerprint density at radius 3 is 2.74 bits per heavy atom. The van der Waals surface area contributed by atoms with Gasteiger partial charge in [0.2, 0.25) is 5.91 Å². The van der Waals surface area contributed by atoms with Crippen LogP contribution in [0.4, 0.5) is 0 Å². The topological polar surface area (TPSA) is 35.6 Å². The Hall–Kier alpha value is -0.610. The molecule has 1 N–H and O–H groups in total. The Bertz CT molecular complexity index is 300. The number of hydrogen-bond donors (Lipinski definition) is 1. The Kier molecular flexibility index (Phi) is 5.22. The average molecular weight is 267 g/mol. The second-order valence-corrected chi connectivity index (χ2v) is 6.36. The molecule has 4 nitrogen and oxygen atoms in total. The van der Waals surface area contributed by atoms with E-state index >= 15 is 0 Å². The van der Waals surface area contributed by atoms with Gasteiger partial charge in [-0.15, -0.1) is 0 Å². The van der Waals surface area contributed by atoms with Gasteiger partial charge in [-0.2, -0.15) is 0 Å². The minimum absolute atomic E-state index is 0.119. The summed E-state index contributed by atoms with van der Waals surface area (Å²) in [5.41, 5.74) is 0. The first-order valence-electron chi connectivity index (χ1n) is 7.80. The number of rotatable bonds is 4. The van der Waals surface area contributed by atoms with Crippen molar-refractivity contribution in [1.82, 2.24) is 15.1 Å². The lowest BCUT2D eigenvalue weighted by atomic mass is 9.97. The van der Waals surface area contributed by atoms with E-state index in [2.05, 4.69) is 17.1 Å². The molecule has 0 aromatic heterocycles. The summed E-state index contributed by atoms with van der Waals surface area (Å²) in [5.74, 6) is 0.279. The molecule has 4 heteroatoms. The van der Waals surface area contributed by atoms with Crippen molar-refractivity contribution in [2.75, 3.05) is 27.2 Å². The molecule has 0 bridgehead atoms. The summed E-state index contributed by atoms with van der Waals surface area (Å²) in [7, 11) is 3.73. The molecule has 0 aromatic rings. The zero-order chi connectivity index (χ0) is 13.8. The van der Waals surface area contributed by atoms with E-state index in [9.17, 15) is 4.79 Å². The molecule has 0 aliphatic carbocycles. The van der Waals surface area contributed by atoms with Crippen LogP contribution in [-0.2, 0) is 4.79 Å². The molecule has 19 heavy (non-hydrogen) atoms. The molecule has 0 saturated carbocycles. The quantitative estimate of drug-likeness (QED) is 0.837.